The monoisotopic (exact) mass is 424 g/mol. The third-order valence-corrected chi connectivity index (χ3v) is 7.83. The fraction of sp³-hybridized carbons (Fsp3) is 0.350. The molecule has 5 heterocycles. The molecule has 4 N–H and O–H groups in total. The highest BCUT2D eigenvalue weighted by molar-refractivity contribution is 7.29. The van der Waals surface area contributed by atoms with Crippen molar-refractivity contribution in [3.8, 4) is 27.4 Å². The highest BCUT2D eigenvalue weighted by Crippen LogP contribution is 2.40. The molecule has 0 spiro atoms. The molecule has 148 valence electrons. The molecule has 2 aliphatic heterocycles. The van der Waals surface area contributed by atoms with Crippen molar-refractivity contribution >= 4 is 37.5 Å². The first-order valence-corrected chi connectivity index (χ1v) is 11.5. The van der Waals surface area contributed by atoms with Gasteiger partial charge in [0.25, 0.3) is 0 Å². The molecule has 0 saturated carbocycles. The van der Waals surface area contributed by atoms with Gasteiger partial charge in [-0.3, -0.25) is 5.10 Å². The van der Waals surface area contributed by atoms with E-state index in [2.05, 4.69) is 20.8 Å². The first kappa shape index (κ1) is 17.4. The van der Waals surface area contributed by atoms with Crippen molar-refractivity contribution in [2.75, 3.05) is 5.32 Å². The number of aromatic hydroxyl groups is 1. The number of piperidine rings is 1. The lowest BCUT2D eigenvalue weighted by Crippen LogP contribution is -2.43. The van der Waals surface area contributed by atoms with E-state index >= 15 is 0 Å². The minimum absolute atomic E-state index is 0.216. The first-order valence-electron chi connectivity index (χ1n) is 9.84. The second-order valence-electron chi connectivity index (χ2n) is 7.82. The van der Waals surface area contributed by atoms with Gasteiger partial charge in [0.1, 0.15) is 10.8 Å². The van der Waals surface area contributed by atoms with Crippen LogP contribution in [0.15, 0.2) is 30.6 Å². The van der Waals surface area contributed by atoms with Crippen molar-refractivity contribution in [1.82, 2.24) is 25.5 Å². The molecule has 9 heteroatoms. The van der Waals surface area contributed by atoms with Crippen LogP contribution in [0.5, 0.6) is 5.75 Å². The Hall–Kier alpha value is -2.49. The van der Waals surface area contributed by atoms with Crippen LogP contribution in [0.25, 0.3) is 31.4 Å². The third kappa shape index (κ3) is 3.19. The maximum Gasteiger partial charge on any atom is 0.186 e. The van der Waals surface area contributed by atoms with E-state index in [1.54, 1.807) is 29.8 Å². The van der Waals surface area contributed by atoms with E-state index in [0.29, 0.717) is 18.1 Å². The number of hydrogen-bond donors (Lipinski definition) is 4. The van der Waals surface area contributed by atoms with Crippen molar-refractivity contribution in [2.45, 2.75) is 43.8 Å². The molecule has 2 fully saturated rings. The fourth-order valence-corrected chi connectivity index (χ4v) is 6.52. The quantitative estimate of drug-likeness (QED) is 0.392. The van der Waals surface area contributed by atoms with Gasteiger partial charge in [-0.2, -0.15) is 5.10 Å². The number of phenolic OH excluding ortho intramolecular Hbond substituents is 1. The van der Waals surface area contributed by atoms with Crippen molar-refractivity contribution in [3.05, 3.63) is 30.6 Å². The van der Waals surface area contributed by atoms with Gasteiger partial charge in [-0.15, -0.1) is 0 Å². The standard InChI is InChI=1S/C20H20N6OS2/c27-16-5-10(11-8-21-22-9-11)1-4-15(16)17-25-18-19(28-17)26-20(29-18)24-14-6-12-2-3-13(7-14)23-12/h1,4-5,8-9,12-14,23,27H,2-3,6-7H2,(H,21,22)(H,24,26). The van der Waals surface area contributed by atoms with Gasteiger partial charge < -0.3 is 15.7 Å². The summed E-state index contributed by atoms with van der Waals surface area (Å²) < 4.78 is 0. The number of benzene rings is 1. The van der Waals surface area contributed by atoms with Crippen molar-refractivity contribution in [3.63, 3.8) is 0 Å². The molecule has 7 nitrogen and oxygen atoms in total. The van der Waals surface area contributed by atoms with Crippen LogP contribution in [0.2, 0.25) is 0 Å². The zero-order valence-electron chi connectivity index (χ0n) is 15.6. The first-order chi connectivity index (χ1) is 14.2. The molecule has 2 unspecified atom stereocenters. The van der Waals surface area contributed by atoms with E-state index in [0.717, 1.165) is 36.5 Å². The van der Waals surface area contributed by atoms with Gasteiger partial charge in [-0.05, 0) is 43.4 Å². The summed E-state index contributed by atoms with van der Waals surface area (Å²) >= 11 is 3.12. The van der Waals surface area contributed by atoms with Gasteiger partial charge in [0.2, 0.25) is 0 Å². The topological polar surface area (TPSA) is 98.8 Å². The number of phenols is 1. The van der Waals surface area contributed by atoms with Crippen LogP contribution in [-0.4, -0.2) is 43.4 Å². The number of nitrogens with zero attached hydrogens (tertiary/aromatic N) is 3. The van der Waals surface area contributed by atoms with Crippen LogP contribution in [0.1, 0.15) is 25.7 Å². The van der Waals surface area contributed by atoms with Crippen LogP contribution in [0, 0.1) is 0 Å². The number of anilines is 1. The highest BCUT2D eigenvalue weighted by Gasteiger charge is 2.33. The smallest absolute Gasteiger partial charge is 0.186 e. The summed E-state index contributed by atoms with van der Waals surface area (Å²) in [6, 6.07) is 7.44. The Labute approximate surface area is 175 Å². The SMILES string of the molecule is Oc1cc(-c2cn[nH]c2)ccc1-c1nc2sc(NC3CC4CCC(C3)N4)nc2s1. The molecular weight excluding hydrogens is 404 g/mol. The summed E-state index contributed by atoms with van der Waals surface area (Å²) in [6.45, 7) is 0. The van der Waals surface area contributed by atoms with Gasteiger partial charge in [-0.25, -0.2) is 9.97 Å². The number of hydrogen-bond acceptors (Lipinski definition) is 8. The van der Waals surface area contributed by atoms with E-state index in [-0.39, 0.29) is 5.75 Å². The summed E-state index contributed by atoms with van der Waals surface area (Å²) in [5.74, 6) is 0.216. The van der Waals surface area contributed by atoms with Crippen molar-refractivity contribution in [2.24, 2.45) is 0 Å². The van der Waals surface area contributed by atoms with Gasteiger partial charge in [0, 0.05) is 29.9 Å². The lowest BCUT2D eigenvalue weighted by Gasteiger charge is -2.29. The highest BCUT2D eigenvalue weighted by atomic mass is 32.1. The molecule has 3 aromatic heterocycles. The number of fused-ring (bicyclic) bond motifs is 3. The molecule has 2 atom stereocenters. The molecule has 0 radical (unpaired) electrons. The maximum absolute atomic E-state index is 10.5. The van der Waals surface area contributed by atoms with Gasteiger partial charge in [-0.1, -0.05) is 28.7 Å². The van der Waals surface area contributed by atoms with Crippen LogP contribution in [-0.2, 0) is 0 Å². The largest absolute Gasteiger partial charge is 0.507 e. The second-order valence-corrected chi connectivity index (χ2v) is 9.77. The Kier molecular flexibility index (Phi) is 4.07. The van der Waals surface area contributed by atoms with Gasteiger partial charge in [0.05, 0.1) is 11.8 Å². The van der Waals surface area contributed by atoms with E-state index in [4.69, 9.17) is 9.97 Å². The number of rotatable bonds is 4. The van der Waals surface area contributed by atoms with E-state index in [1.807, 2.05) is 12.1 Å². The third-order valence-electron chi connectivity index (χ3n) is 5.84. The zero-order chi connectivity index (χ0) is 19.4. The van der Waals surface area contributed by atoms with Gasteiger partial charge in [0.15, 0.2) is 14.8 Å². The Balaban J connectivity index is 1.23. The second kappa shape index (κ2) is 6.79. The number of thiazole rings is 2. The minimum atomic E-state index is 0.216. The number of nitrogens with one attached hydrogen (secondary N) is 3. The number of aromatic amines is 1. The summed E-state index contributed by atoms with van der Waals surface area (Å²) in [4.78, 5) is 11.3. The van der Waals surface area contributed by atoms with E-state index in [9.17, 15) is 5.11 Å². The number of H-pyrrole nitrogens is 1. The van der Waals surface area contributed by atoms with Crippen molar-refractivity contribution in [1.29, 1.82) is 0 Å². The lowest BCUT2D eigenvalue weighted by atomic mass is 10.0. The molecule has 29 heavy (non-hydrogen) atoms. The molecule has 6 rings (SSSR count). The van der Waals surface area contributed by atoms with Gasteiger partial charge >= 0.3 is 0 Å². The minimum Gasteiger partial charge on any atom is -0.507 e. The Bertz CT molecular complexity index is 1120. The Morgan fingerprint density at radius 3 is 2.59 bits per heavy atom. The van der Waals surface area contributed by atoms with E-state index < -0.39 is 0 Å². The summed E-state index contributed by atoms with van der Waals surface area (Å²) in [5, 5.41) is 26.3. The zero-order valence-corrected chi connectivity index (χ0v) is 17.2. The summed E-state index contributed by atoms with van der Waals surface area (Å²) in [6.07, 6.45) is 8.46. The molecule has 0 aliphatic carbocycles. The molecule has 4 aromatic rings. The average molecular weight is 425 g/mol. The predicted molar refractivity (Wildman–Crippen MR) is 117 cm³/mol. The number of aromatic nitrogens is 4. The van der Waals surface area contributed by atoms with Crippen LogP contribution in [0.3, 0.4) is 0 Å². The lowest BCUT2D eigenvalue weighted by molar-refractivity contribution is 0.378. The molecule has 2 aliphatic rings. The fourth-order valence-electron chi connectivity index (χ4n) is 4.47. The molecule has 1 aromatic carbocycles. The molecule has 2 saturated heterocycles. The molecular formula is C20H20N6OS2. The Morgan fingerprint density at radius 1 is 1.03 bits per heavy atom. The van der Waals surface area contributed by atoms with Crippen molar-refractivity contribution < 1.29 is 5.11 Å². The molecule has 0 amide bonds. The Morgan fingerprint density at radius 2 is 1.86 bits per heavy atom. The average Bonchev–Trinajstić information content (AvgIpc) is 3.46. The maximum atomic E-state index is 10.5. The molecule has 2 bridgehead atoms. The normalized spacial score (nSPS) is 23.7. The van der Waals surface area contributed by atoms with Crippen LogP contribution >= 0.6 is 22.7 Å². The van der Waals surface area contributed by atoms with E-state index in [1.165, 1.54) is 37.0 Å². The summed E-state index contributed by atoms with van der Waals surface area (Å²) in [5.41, 5.74) is 2.59. The van der Waals surface area contributed by atoms with Crippen LogP contribution < -0.4 is 10.6 Å². The summed E-state index contributed by atoms with van der Waals surface area (Å²) in [7, 11) is 0. The predicted octanol–water partition coefficient (Wildman–Crippen LogP) is 4.21. The van der Waals surface area contributed by atoms with Crippen LogP contribution in [0.4, 0.5) is 5.13 Å².